The van der Waals surface area contributed by atoms with Crippen molar-refractivity contribution in [1.29, 1.82) is 0 Å². The van der Waals surface area contributed by atoms with E-state index in [4.69, 9.17) is 23.2 Å². The normalized spacial score (nSPS) is 11.0. The predicted octanol–water partition coefficient (Wildman–Crippen LogP) is 5.06. The molecule has 0 aliphatic carbocycles. The van der Waals surface area contributed by atoms with Crippen molar-refractivity contribution < 1.29 is 0 Å². The quantitative estimate of drug-likeness (QED) is 0.645. The molecule has 13 heavy (non-hydrogen) atoms. The van der Waals surface area contributed by atoms with Crippen molar-refractivity contribution in [3.8, 4) is 0 Å². The lowest BCUT2D eigenvalue weighted by Gasteiger charge is -1.90. The largest absolute Gasteiger partial charge is 0.137 e. The van der Waals surface area contributed by atoms with Gasteiger partial charge in [0.2, 0.25) is 0 Å². The van der Waals surface area contributed by atoms with Gasteiger partial charge in [0.25, 0.3) is 0 Å². The van der Waals surface area contributed by atoms with Gasteiger partial charge in [0, 0.05) is 19.4 Å². The SMILES string of the molecule is ClCc1sc2cc(Br)ccc2c1Cl. The Labute approximate surface area is 98.6 Å². The Balaban J connectivity index is 2.76. The molecule has 0 radical (unpaired) electrons. The molecule has 0 aliphatic heterocycles. The van der Waals surface area contributed by atoms with Crippen LogP contribution in [0.5, 0.6) is 0 Å². The minimum absolute atomic E-state index is 0.482. The highest BCUT2D eigenvalue weighted by atomic mass is 79.9. The summed E-state index contributed by atoms with van der Waals surface area (Å²) < 4.78 is 2.24. The number of hydrogen-bond donors (Lipinski definition) is 0. The molecular weight excluding hydrogens is 291 g/mol. The van der Waals surface area contributed by atoms with Crippen LogP contribution in [0.15, 0.2) is 22.7 Å². The minimum Gasteiger partial charge on any atom is -0.137 e. The van der Waals surface area contributed by atoms with Crippen molar-refractivity contribution in [1.82, 2.24) is 0 Å². The smallest absolute Gasteiger partial charge is 0.0636 e. The van der Waals surface area contributed by atoms with E-state index in [0.29, 0.717) is 5.88 Å². The summed E-state index contributed by atoms with van der Waals surface area (Å²) in [4.78, 5) is 1.04. The van der Waals surface area contributed by atoms with Crippen LogP contribution in [0.25, 0.3) is 10.1 Å². The van der Waals surface area contributed by atoms with Crippen LogP contribution in [-0.2, 0) is 5.88 Å². The van der Waals surface area contributed by atoms with E-state index in [-0.39, 0.29) is 0 Å². The Morgan fingerprint density at radius 1 is 1.38 bits per heavy atom. The first kappa shape index (κ1) is 9.78. The lowest BCUT2D eigenvalue weighted by atomic mass is 10.2. The zero-order valence-electron chi connectivity index (χ0n) is 6.48. The van der Waals surface area contributed by atoms with Crippen LogP contribution in [0.1, 0.15) is 4.88 Å². The van der Waals surface area contributed by atoms with Crippen molar-refractivity contribution >= 4 is 60.6 Å². The van der Waals surface area contributed by atoms with Crippen LogP contribution in [0.2, 0.25) is 5.02 Å². The maximum absolute atomic E-state index is 6.12. The maximum atomic E-state index is 6.12. The van der Waals surface area contributed by atoms with Gasteiger partial charge in [0.05, 0.1) is 10.9 Å². The number of rotatable bonds is 1. The first-order chi connectivity index (χ1) is 6.22. The lowest BCUT2D eigenvalue weighted by Crippen LogP contribution is -1.68. The van der Waals surface area contributed by atoms with Crippen molar-refractivity contribution in [2.45, 2.75) is 5.88 Å². The highest BCUT2D eigenvalue weighted by Gasteiger charge is 2.08. The second kappa shape index (κ2) is 3.77. The third-order valence-corrected chi connectivity index (χ3v) is 4.39. The van der Waals surface area contributed by atoms with Gasteiger partial charge in [-0.15, -0.1) is 22.9 Å². The van der Waals surface area contributed by atoms with Crippen molar-refractivity contribution in [3.05, 3.63) is 32.6 Å². The molecule has 0 saturated heterocycles. The van der Waals surface area contributed by atoms with E-state index in [2.05, 4.69) is 22.0 Å². The Morgan fingerprint density at radius 2 is 2.15 bits per heavy atom. The van der Waals surface area contributed by atoms with Crippen LogP contribution in [0.3, 0.4) is 0 Å². The van der Waals surface area contributed by atoms with Gasteiger partial charge < -0.3 is 0 Å². The van der Waals surface area contributed by atoms with Crippen molar-refractivity contribution in [2.75, 3.05) is 0 Å². The second-order valence-corrected chi connectivity index (χ2v) is 5.31. The summed E-state index contributed by atoms with van der Waals surface area (Å²) in [6.45, 7) is 0. The fraction of sp³-hybridized carbons (Fsp3) is 0.111. The highest BCUT2D eigenvalue weighted by Crippen LogP contribution is 2.37. The maximum Gasteiger partial charge on any atom is 0.0636 e. The van der Waals surface area contributed by atoms with E-state index in [9.17, 15) is 0 Å². The minimum atomic E-state index is 0.482. The van der Waals surface area contributed by atoms with Gasteiger partial charge in [-0.2, -0.15) is 0 Å². The van der Waals surface area contributed by atoms with E-state index < -0.39 is 0 Å². The third kappa shape index (κ3) is 1.73. The molecule has 1 heterocycles. The van der Waals surface area contributed by atoms with E-state index in [0.717, 1.165) is 19.8 Å². The van der Waals surface area contributed by atoms with E-state index in [1.165, 1.54) is 4.70 Å². The van der Waals surface area contributed by atoms with Crippen LogP contribution in [0.4, 0.5) is 0 Å². The van der Waals surface area contributed by atoms with Crippen LogP contribution in [0, 0.1) is 0 Å². The third-order valence-electron chi connectivity index (χ3n) is 1.78. The molecule has 2 aromatic rings. The van der Waals surface area contributed by atoms with Gasteiger partial charge in [0.1, 0.15) is 0 Å². The lowest BCUT2D eigenvalue weighted by molar-refractivity contribution is 1.54. The van der Waals surface area contributed by atoms with E-state index in [1.807, 2.05) is 12.1 Å². The molecular formula is C9H5BrCl2S. The first-order valence-electron chi connectivity index (χ1n) is 3.65. The second-order valence-electron chi connectivity index (χ2n) is 2.61. The van der Waals surface area contributed by atoms with Crippen LogP contribution >= 0.6 is 50.5 Å². The number of alkyl halides is 1. The van der Waals surface area contributed by atoms with Crippen molar-refractivity contribution in [2.24, 2.45) is 0 Å². The molecule has 0 unspecified atom stereocenters. The topological polar surface area (TPSA) is 0 Å². The van der Waals surface area contributed by atoms with Gasteiger partial charge in [-0.1, -0.05) is 33.6 Å². The molecule has 4 heteroatoms. The average Bonchev–Trinajstić information content (AvgIpc) is 2.42. The summed E-state index contributed by atoms with van der Waals surface area (Å²) in [7, 11) is 0. The number of halogens is 3. The molecule has 0 aliphatic rings. The number of hydrogen-bond acceptors (Lipinski definition) is 1. The number of fused-ring (bicyclic) bond motifs is 1. The molecule has 0 N–H and O–H groups in total. The van der Waals surface area contributed by atoms with Gasteiger partial charge in [0.15, 0.2) is 0 Å². The zero-order chi connectivity index (χ0) is 9.42. The molecule has 0 nitrogen and oxygen atoms in total. The first-order valence-corrected chi connectivity index (χ1v) is 6.17. The van der Waals surface area contributed by atoms with Crippen LogP contribution in [-0.4, -0.2) is 0 Å². The highest BCUT2D eigenvalue weighted by molar-refractivity contribution is 9.10. The van der Waals surface area contributed by atoms with Gasteiger partial charge in [-0.05, 0) is 12.1 Å². The van der Waals surface area contributed by atoms with E-state index >= 15 is 0 Å². The molecule has 0 fully saturated rings. The Bertz CT molecular complexity index is 450. The Kier molecular flexibility index (Phi) is 2.84. The molecule has 2 rings (SSSR count). The molecule has 1 aromatic heterocycles. The summed E-state index contributed by atoms with van der Waals surface area (Å²) in [5.74, 6) is 0.482. The fourth-order valence-electron chi connectivity index (χ4n) is 1.18. The van der Waals surface area contributed by atoms with Gasteiger partial charge in [-0.25, -0.2) is 0 Å². The standard InChI is InChI=1S/C9H5BrCl2S/c10-5-1-2-6-7(3-5)13-8(4-11)9(6)12/h1-3H,4H2. The summed E-state index contributed by atoms with van der Waals surface area (Å²) in [5.41, 5.74) is 0. The zero-order valence-corrected chi connectivity index (χ0v) is 10.4. The number of thiophene rings is 1. The molecule has 0 bridgehead atoms. The molecule has 68 valence electrons. The summed E-state index contributed by atoms with van der Waals surface area (Å²) in [6.07, 6.45) is 0. The fourth-order valence-corrected chi connectivity index (χ4v) is 3.44. The summed E-state index contributed by atoms with van der Waals surface area (Å²) >= 11 is 16.9. The van der Waals surface area contributed by atoms with E-state index in [1.54, 1.807) is 11.3 Å². The number of benzene rings is 1. The monoisotopic (exact) mass is 294 g/mol. The average molecular weight is 296 g/mol. The molecule has 0 atom stereocenters. The molecule has 0 spiro atoms. The summed E-state index contributed by atoms with van der Waals surface area (Å²) in [5, 5.41) is 1.88. The molecule has 0 saturated carbocycles. The van der Waals surface area contributed by atoms with Crippen LogP contribution < -0.4 is 0 Å². The van der Waals surface area contributed by atoms with Crippen molar-refractivity contribution in [3.63, 3.8) is 0 Å². The summed E-state index contributed by atoms with van der Waals surface area (Å²) in [6, 6.07) is 6.05. The van der Waals surface area contributed by atoms with Gasteiger partial charge in [-0.3, -0.25) is 0 Å². The van der Waals surface area contributed by atoms with Gasteiger partial charge >= 0.3 is 0 Å². The molecule has 0 amide bonds. The molecule has 1 aromatic carbocycles. The predicted molar refractivity (Wildman–Crippen MR) is 64.1 cm³/mol. The Morgan fingerprint density at radius 3 is 2.85 bits per heavy atom. The Hall–Kier alpha value is 0.240.